The van der Waals surface area contributed by atoms with Crippen molar-refractivity contribution in [3.05, 3.63) is 72.6 Å². The molecule has 5 rings (SSSR count). The number of aromatic nitrogens is 3. The molecule has 146 valence electrons. The first-order valence-electron chi connectivity index (χ1n) is 9.67. The van der Waals surface area contributed by atoms with Crippen LogP contribution in [0.15, 0.2) is 67.0 Å². The Morgan fingerprint density at radius 3 is 2.76 bits per heavy atom. The van der Waals surface area contributed by atoms with Crippen molar-refractivity contribution in [3.63, 3.8) is 0 Å². The van der Waals surface area contributed by atoms with E-state index in [0.29, 0.717) is 17.2 Å². The molecule has 2 aromatic heterocycles. The molecule has 4 aromatic rings. The summed E-state index contributed by atoms with van der Waals surface area (Å²) in [4.78, 5) is 19.9. The van der Waals surface area contributed by atoms with Gasteiger partial charge >= 0.3 is 0 Å². The Hall–Kier alpha value is -3.03. The maximum Gasteiger partial charge on any atom is 0.260 e. The van der Waals surface area contributed by atoms with Gasteiger partial charge in [0.15, 0.2) is 5.13 Å². The molecule has 1 aliphatic rings. The topological polar surface area (TPSA) is 60.2 Å². The van der Waals surface area contributed by atoms with Gasteiger partial charge in [-0.25, -0.2) is 9.67 Å². The second-order valence-electron chi connectivity index (χ2n) is 7.01. The lowest BCUT2D eigenvalue weighted by molar-refractivity contribution is 0.0917. The molecular weight excluding hydrogens is 384 g/mol. The molecule has 1 fully saturated rings. The fourth-order valence-corrected chi connectivity index (χ4v) is 4.52. The lowest BCUT2D eigenvalue weighted by Gasteiger charge is -2.23. The van der Waals surface area contributed by atoms with Gasteiger partial charge in [0, 0.05) is 24.6 Å². The summed E-state index contributed by atoms with van der Waals surface area (Å²) in [7, 11) is 0. The molecule has 0 radical (unpaired) electrons. The molecule has 0 saturated carbocycles. The van der Waals surface area contributed by atoms with Crippen molar-refractivity contribution in [1.82, 2.24) is 14.8 Å². The molecule has 29 heavy (non-hydrogen) atoms. The largest absolute Gasteiger partial charge is 0.376 e. The lowest BCUT2D eigenvalue weighted by atomic mass is 10.1. The number of ether oxygens (including phenoxy) is 1. The van der Waals surface area contributed by atoms with Crippen LogP contribution in [0.3, 0.4) is 0 Å². The predicted octanol–water partition coefficient (Wildman–Crippen LogP) is 4.31. The van der Waals surface area contributed by atoms with Gasteiger partial charge < -0.3 is 4.74 Å². The molecule has 0 N–H and O–H groups in total. The molecule has 6 nitrogen and oxygen atoms in total. The number of nitrogens with zero attached hydrogens (tertiary/aromatic N) is 4. The normalized spacial score (nSPS) is 16.3. The van der Waals surface area contributed by atoms with Crippen LogP contribution in [0, 0.1) is 0 Å². The summed E-state index contributed by atoms with van der Waals surface area (Å²) in [6, 6.07) is 17.3. The Morgan fingerprint density at radius 2 is 2.03 bits per heavy atom. The minimum Gasteiger partial charge on any atom is -0.376 e. The summed E-state index contributed by atoms with van der Waals surface area (Å²) in [5.74, 6) is -0.0634. The van der Waals surface area contributed by atoms with E-state index >= 15 is 0 Å². The number of fused-ring (bicyclic) bond motifs is 1. The van der Waals surface area contributed by atoms with Crippen LogP contribution in [-0.4, -0.2) is 39.9 Å². The second kappa shape index (κ2) is 7.77. The van der Waals surface area contributed by atoms with Crippen molar-refractivity contribution in [3.8, 4) is 5.69 Å². The Labute approximate surface area is 172 Å². The van der Waals surface area contributed by atoms with Gasteiger partial charge in [0.1, 0.15) is 0 Å². The van der Waals surface area contributed by atoms with E-state index in [2.05, 4.69) is 5.10 Å². The van der Waals surface area contributed by atoms with E-state index in [4.69, 9.17) is 9.72 Å². The van der Waals surface area contributed by atoms with E-state index in [9.17, 15) is 4.79 Å². The molecule has 0 bridgehead atoms. The minimum absolute atomic E-state index is 0.0503. The maximum absolute atomic E-state index is 13.4. The molecule has 7 heteroatoms. The zero-order chi connectivity index (χ0) is 19.6. The van der Waals surface area contributed by atoms with Crippen molar-refractivity contribution >= 4 is 32.6 Å². The van der Waals surface area contributed by atoms with E-state index in [1.165, 1.54) is 11.3 Å². The highest BCUT2D eigenvalue weighted by Gasteiger charge is 2.27. The first-order valence-corrected chi connectivity index (χ1v) is 10.5. The number of anilines is 1. The van der Waals surface area contributed by atoms with Gasteiger partial charge in [-0.3, -0.25) is 9.69 Å². The van der Waals surface area contributed by atoms with Crippen molar-refractivity contribution in [2.45, 2.75) is 18.9 Å². The summed E-state index contributed by atoms with van der Waals surface area (Å²) in [5, 5.41) is 4.94. The third-order valence-corrected chi connectivity index (χ3v) is 6.11. The van der Waals surface area contributed by atoms with E-state index in [-0.39, 0.29) is 12.0 Å². The van der Waals surface area contributed by atoms with E-state index in [0.717, 1.165) is 35.4 Å². The van der Waals surface area contributed by atoms with Gasteiger partial charge in [-0.05, 0) is 55.3 Å². The van der Waals surface area contributed by atoms with Crippen molar-refractivity contribution in [2.75, 3.05) is 18.1 Å². The number of carbonyl (C=O) groups is 1. The fourth-order valence-electron chi connectivity index (χ4n) is 3.55. The smallest absolute Gasteiger partial charge is 0.260 e. The Kier molecular flexibility index (Phi) is 4.83. The first kappa shape index (κ1) is 18.0. The van der Waals surface area contributed by atoms with E-state index in [1.54, 1.807) is 15.8 Å². The van der Waals surface area contributed by atoms with Gasteiger partial charge in [-0.1, -0.05) is 23.5 Å². The molecule has 1 amide bonds. The van der Waals surface area contributed by atoms with Crippen LogP contribution >= 0.6 is 11.3 Å². The molecule has 1 saturated heterocycles. The number of para-hydroxylation sites is 1. The third kappa shape index (κ3) is 3.66. The Balaban J connectivity index is 1.46. The quantitative estimate of drug-likeness (QED) is 0.497. The first-order chi connectivity index (χ1) is 14.3. The maximum atomic E-state index is 13.4. The average molecular weight is 404 g/mol. The summed E-state index contributed by atoms with van der Waals surface area (Å²) in [5.41, 5.74) is 2.45. The van der Waals surface area contributed by atoms with E-state index in [1.807, 2.05) is 60.8 Å². The van der Waals surface area contributed by atoms with Crippen LogP contribution < -0.4 is 4.90 Å². The molecule has 0 spiro atoms. The summed E-state index contributed by atoms with van der Waals surface area (Å²) in [6.45, 7) is 1.27. The molecule has 2 aromatic carbocycles. The van der Waals surface area contributed by atoms with Crippen LogP contribution in [-0.2, 0) is 4.74 Å². The van der Waals surface area contributed by atoms with Gasteiger partial charge in [0.2, 0.25) is 0 Å². The Bertz CT molecular complexity index is 1080. The van der Waals surface area contributed by atoms with Gasteiger partial charge in [-0.2, -0.15) is 5.10 Å². The highest BCUT2D eigenvalue weighted by Crippen LogP contribution is 2.30. The van der Waals surface area contributed by atoms with E-state index < -0.39 is 0 Å². The standard InChI is InChI=1S/C22H20N4O2S/c27-21(16-8-10-17(11-9-16)26-13-4-12-23-26)25(15-18-5-3-14-28-18)22-24-19-6-1-2-7-20(19)29-22/h1-2,4,6-13,18H,3,5,14-15H2/t18-/m0/s1. The van der Waals surface area contributed by atoms with Crippen LogP contribution in [0.25, 0.3) is 15.9 Å². The van der Waals surface area contributed by atoms with Crippen molar-refractivity contribution < 1.29 is 9.53 Å². The highest BCUT2D eigenvalue weighted by atomic mass is 32.1. The number of benzene rings is 2. The zero-order valence-electron chi connectivity index (χ0n) is 15.8. The number of amides is 1. The number of rotatable bonds is 5. The summed E-state index contributed by atoms with van der Waals surface area (Å²) >= 11 is 1.54. The zero-order valence-corrected chi connectivity index (χ0v) is 16.6. The predicted molar refractivity (Wildman–Crippen MR) is 114 cm³/mol. The summed E-state index contributed by atoms with van der Waals surface area (Å²) < 4.78 is 8.65. The number of hydrogen-bond acceptors (Lipinski definition) is 5. The third-order valence-electron chi connectivity index (χ3n) is 5.05. The van der Waals surface area contributed by atoms with Gasteiger partial charge in [0.05, 0.1) is 28.6 Å². The lowest BCUT2D eigenvalue weighted by Crippen LogP contribution is -2.37. The molecule has 0 unspecified atom stereocenters. The van der Waals surface area contributed by atoms with Crippen LogP contribution in [0.4, 0.5) is 5.13 Å². The van der Waals surface area contributed by atoms with Gasteiger partial charge in [-0.15, -0.1) is 0 Å². The van der Waals surface area contributed by atoms with Crippen molar-refractivity contribution in [1.29, 1.82) is 0 Å². The Morgan fingerprint density at radius 1 is 1.17 bits per heavy atom. The number of thiazole rings is 1. The van der Waals surface area contributed by atoms with Crippen LogP contribution in [0.2, 0.25) is 0 Å². The van der Waals surface area contributed by atoms with Gasteiger partial charge in [0.25, 0.3) is 5.91 Å². The fraction of sp³-hybridized carbons (Fsp3) is 0.227. The molecule has 1 aliphatic heterocycles. The SMILES string of the molecule is O=C(c1ccc(-n2cccn2)cc1)N(C[C@@H]1CCCO1)c1nc2ccccc2s1. The summed E-state index contributed by atoms with van der Waals surface area (Å²) in [6.07, 6.45) is 5.66. The average Bonchev–Trinajstić information content (AvgIpc) is 3.53. The monoisotopic (exact) mass is 404 g/mol. The molecular formula is C22H20N4O2S. The second-order valence-corrected chi connectivity index (χ2v) is 8.02. The highest BCUT2D eigenvalue weighted by molar-refractivity contribution is 7.22. The van der Waals surface area contributed by atoms with Crippen molar-refractivity contribution in [2.24, 2.45) is 0 Å². The van der Waals surface area contributed by atoms with Crippen LogP contribution in [0.5, 0.6) is 0 Å². The van der Waals surface area contributed by atoms with Crippen LogP contribution in [0.1, 0.15) is 23.2 Å². The molecule has 3 heterocycles. The number of carbonyl (C=O) groups excluding carboxylic acids is 1. The minimum atomic E-state index is -0.0634. The number of hydrogen-bond donors (Lipinski definition) is 0. The molecule has 0 aliphatic carbocycles. The molecule has 1 atom stereocenters.